The number of unbranched alkanes of at least 4 members (excludes halogenated alkanes) is 4. The van der Waals surface area contributed by atoms with Crippen LogP contribution in [-0.2, 0) is 6.54 Å². The van der Waals surface area contributed by atoms with Crippen LogP contribution in [-0.4, -0.2) is 15.0 Å². The molecule has 0 bridgehead atoms. The molecule has 4 nitrogen and oxygen atoms in total. The van der Waals surface area contributed by atoms with E-state index in [1.807, 2.05) is 36.4 Å². The van der Waals surface area contributed by atoms with Crippen molar-refractivity contribution in [3.05, 3.63) is 46.8 Å². The molecule has 0 radical (unpaired) electrons. The number of aromatic nitrogens is 3. The molecule has 3 rings (SSSR count). The average molecular weight is 327 g/mol. The van der Waals surface area contributed by atoms with Gasteiger partial charge in [0.05, 0.1) is 5.39 Å². The first-order valence-electron chi connectivity index (χ1n) is 8.22. The first kappa shape index (κ1) is 15.9. The Kier molecular flexibility index (Phi) is 5.18. The van der Waals surface area contributed by atoms with Crippen LogP contribution in [0.4, 0.5) is 0 Å². The van der Waals surface area contributed by atoms with E-state index in [4.69, 9.17) is 0 Å². The standard InChI is InChI=1S/C18H21N3OS/c1-2-3-4-5-9-12-21-18(22)15-13-16(23-17(15)19-20-21)14-10-7-6-8-11-14/h6-8,10-11,13H,2-5,9,12H2,1H3. The number of rotatable bonds is 7. The molecule has 5 heteroatoms. The third-order valence-electron chi connectivity index (χ3n) is 3.95. The molecule has 23 heavy (non-hydrogen) atoms. The van der Waals surface area contributed by atoms with Crippen LogP contribution in [0.25, 0.3) is 20.7 Å². The lowest BCUT2D eigenvalue weighted by Crippen LogP contribution is -2.23. The molecule has 0 amide bonds. The molecular formula is C18H21N3OS. The fraction of sp³-hybridized carbons (Fsp3) is 0.389. The molecule has 0 spiro atoms. The van der Waals surface area contributed by atoms with Crippen LogP contribution in [0, 0.1) is 0 Å². The van der Waals surface area contributed by atoms with Crippen LogP contribution >= 0.6 is 11.3 Å². The second-order valence-corrected chi connectivity index (χ2v) is 6.76. The topological polar surface area (TPSA) is 47.8 Å². The molecule has 0 N–H and O–H groups in total. The van der Waals surface area contributed by atoms with Crippen molar-refractivity contribution in [1.29, 1.82) is 0 Å². The summed E-state index contributed by atoms with van der Waals surface area (Å²) in [6.07, 6.45) is 5.82. The van der Waals surface area contributed by atoms with Gasteiger partial charge in [0.15, 0.2) is 4.83 Å². The molecule has 3 aromatic rings. The van der Waals surface area contributed by atoms with Crippen LogP contribution in [0.15, 0.2) is 41.2 Å². The summed E-state index contributed by atoms with van der Waals surface area (Å²) >= 11 is 1.52. The minimum atomic E-state index is -0.0241. The van der Waals surface area contributed by atoms with Gasteiger partial charge in [0.1, 0.15) is 0 Å². The lowest BCUT2D eigenvalue weighted by Gasteiger charge is -2.02. The highest BCUT2D eigenvalue weighted by Gasteiger charge is 2.11. The molecular weight excluding hydrogens is 306 g/mol. The predicted octanol–water partition coefficient (Wildman–Crippen LogP) is 4.49. The zero-order valence-electron chi connectivity index (χ0n) is 13.4. The van der Waals surface area contributed by atoms with Crippen LogP contribution in [0.3, 0.4) is 0 Å². The summed E-state index contributed by atoms with van der Waals surface area (Å²) in [6, 6.07) is 12.0. The molecule has 0 aliphatic carbocycles. The number of nitrogens with zero attached hydrogens (tertiary/aromatic N) is 3. The first-order chi connectivity index (χ1) is 11.3. The Morgan fingerprint density at radius 1 is 1.09 bits per heavy atom. The molecule has 120 valence electrons. The number of thiophene rings is 1. The van der Waals surface area contributed by atoms with E-state index in [1.54, 1.807) is 0 Å². The van der Waals surface area contributed by atoms with Crippen molar-refractivity contribution >= 4 is 21.6 Å². The van der Waals surface area contributed by atoms with E-state index in [1.165, 1.54) is 35.3 Å². The summed E-state index contributed by atoms with van der Waals surface area (Å²) < 4.78 is 1.51. The maximum atomic E-state index is 12.6. The molecule has 0 aliphatic heterocycles. The minimum absolute atomic E-state index is 0.0241. The van der Waals surface area contributed by atoms with Crippen molar-refractivity contribution in [3.63, 3.8) is 0 Å². The monoisotopic (exact) mass is 327 g/mol. The van der Waals surface area contributed by atoms with Gasteiger partial charge in [-0.1, -0.05) is 68.2 Å². The summed E-state index contributed by atoms with van der Waals surface area (Å²) in [5.74, 6) is 0. The lowest BCUT2D eigenvalue weighted by atomic mass is 10.1. The van der Waals surface area contributed by atoms with Crippen LogP contribution in [0.5, 0.6) is 0 Å². The van der Waals surface area contributed by atoms with E-state index in [2.05, 4.69) is 17.2 Å². The highest BCUT2D eigenvalue weighted by atomic mass is 32.1. The Bertz CT molecular complexity index is 823. The van der Waals surface area contributed by atoms with Gasteiger partial charge in [-0.3, -0.25) is 4.79 Å². The lowest BCUT2D eigenvalue weighted by molar-refractivity contribution is 0.498. The van der Waals surface area contributed by atoms with Gasteiger partial charge in [0.25, 0.3) is 5.56 Å². The largest absolute Gasteiger partial charge is 0.278 e. The van der Waals surface area contributed by atoms with Crippen LogP contribution in [0.2, 0.25) is 0 Å². The summed E-state index contributed by atoms with van der Waals surface area (Å²) in [7, 11) is 0. The zero-order valence-corrected chi connectivity index (χ0v) is 14.2. The SMILES string of the molecule is CCCCCCCn1nnc2sc(-c3ccccc3)cc2c1=O. The van der Waals surface area contributed by atoms with E-state index in [9.17, 15) is 4.79 Å². The molecule has 1 aromatic carbocycles. The Morgan fingerprint density at radius 2 is 1.87 bits per heavy atom. The highest BCUT2D eigenvalue weighted by Crippen LogP contribution is 2.30. The Morgan fingerprint density at radius 3 is 2.65 bits per heavy atom. The number of aryl methyl sites for hydroxylation is 1. The van der Waals surface area contributed by atoms with Gasteiger partial charge in [-0.15, -0.1) is 16.4 Å². The van der Waals surface area contributed by atoms with Crippen molar-refractivity contribution in [2.45, 2.75) is 45.6 Å². The predicted molar refractivity (Wildman–Crippen MR) is 95.9 cm³/mol. The van der Waals surface area contributed by atoms with E-state index < -0.39 is 0 Å². The van der Waals surface area contributed by atoms with E-state index in [0.717, 1.165) is 28.1 Å². The summed E-state index contributed by atoms with van der Waals surface area (Å²) in [6.45, 7) is 2.85. The molecule has 0 atom stereocenters. The molecule has 0 saturated carbocycles. The Labute approximate surface area is 139 Å². The van der Waals surface area contributed by atoms with E-state index >= 15 is 0 Å². The van der Waals surface area contributed by atoms with Gasteiger partial charge in [-0.25, -0.2) is 4.68 Å². The number of hydrogen-bond donors (Lipinski definition) is 0. The maximum Gasteiger partial charge on any atom is 0.278 e. The van der Waals surface area contributed by atoms with Crippen molar-refractivity contribution in [1.82, 2.24) is 15.0 Å². The first-order valence-corrected chi connectivity index (χ1v) is 9.04. The molecule has 2 aromatic heterocycles. The van der Waals surface area contributed by atoms with Crippen molar-refractivity contribution in [3.8, 4) is 10.4 Å². The normalized spacial score (nSPS) is 11.2. The fourth-order valence-electron chi connectivity index (χ4n) is 2.64. The Hall–Kier alpha value is -2.01. The zero-order chi connectivity index (χ0) is 16.1. The number of fused-ring (bicyclic) bond motifs is 1. The van der Waals surface area contributed by atoms with Gasteiger partial charge in [0.2, 0.25) is 0 Å². The van der Waals surface area contributed by atoms with Crippen molar-refractivity contribution in [2.75, 3.05) is 0 Å². The fourth-order valence-corrected chi connectivity index (χ4v) is 3.61. The highest BCUT2D eigenvalue weighted by molar-refractivity contribution is 7.21. The third-order valence-corrected chi connectivity index (χ3v) is 5.02. The second-order valence-electron chi connectivity index (χ2n) is 5.73. The van der Waals surface area contributed by atoms with Gasteiger partial charge < -0.3 is 0 Å². The molecule has 0 aliphatic rings. The number of benzene rings is 1. The average Bonchev–Trinajstić information content (AvgIpc) is 3.02. The van der Waals surface area contributed by atoms with Crippen molar-refractivity contribution < 1.29 is 0 Å². The second kappa shape index (κ2) is 7.51. The van der Waals surface area contributed by atoms with Gasteiger partial charge in [-0.2, -0.15) is 0 Å². The summed E-state index contributed by atoms with van der Waals surface area (Å²) in [4.78, 5) is 14.3. The summed E-state index contributed by atoms with van der Waals surface area (Å²) in [5.41, 5.74) is 1.09. The van der Waals surface area contributed by atoms with Gasteiger partial charge >= 0.3 is 0 Å². The third kappa shape index (κ3) is 3.67. The molecule has 0 saturated heterocycles. The van der Waals surface area contributed by atoms with Gasteiger partial charge in [0, 0.05) is 11.4 Å². The van der Waals surface area contributed by atoms with Gasteiger partial charge in [-0.05, 0) is 18.1 Å². The minimum Gasteiger partial charge on any atom is -0.267 e. The Balaban J connectivity index is 1.80. The maximum absolute atomic E-state index is 12.6. The number of hydrogen-bond acceptors (Lipinski definition) is 4. The molecule has 2 heterocycles. The molecule has 0 unspecified atom stereocenters. The summed E-state index contributed by atoms with van der Waals surface area (Å²) in [5, 5.41) is 9.01. The van der Waals surface area contributed by atoms with Crippen molar-refractivity contribution in [2.24, 2.45) is 0 Å². The van der Waals surface area contributed by atoms with E-state index in [0.29, 0.717) is 11.9 Å². The molecule has 0 fully saturated rings. The van der Waals surface area contributed by atoms with E-state index in [-0.39, 0.29) is 5.56 Å². The smallest absolute Gasteiger partial charge is 0.267 e. The van der Waals surface area contributed by atoms with Crippen LogP contribution < -0.4 is 5.56 Å². The quantitative estimate of drug-likeness (QED) is 0.601. The van der Waals surface area contributed by atoms with Crippen LogP contribution in [0.1, 0.15) is 39.0 Å².